The van der Waals surface area contributed by atoms with E-state index in [-0.39, 0.29) is 46.8 Å². The maximum atomic E-state index is 13.6. The first-order valence-corrected chi connectivity index (χ1v) is 18.0. The summed E-state index contributed by atoms with van der Waals surface area (Å²) in [5.74, 6) is -2.92. The number of halogens is 4. The molecule has 0 aliphatic heterocycles. The van der Waals surface area contributed by atoms with Gasteiger partial charge in [-0.15, -0.1) is 0 Å². The Morgan fingerprint density at radius 1 is 0.745 bits per heavy atom. The highest BCUT2D eigenvalue weighted by atomic mass is 35.5. The van der Waals surface area contributed by atoms with Crippen molar-refractivity contribution in [2.45, 2.75) is 12.6 Å². The Kier molecular flexibility index (Phi) is 14.8. The topological polar surface area (TPSA) is 216 Å². The van der Waals surface area contributed by atoms with Crippen LogP contribution in [0.3, 0.4) is 0 Å². The predicted molar refractivity (Wildman–Crippen MR) is 197 cm³/mol. The molecule has 55 heavy (non-hydrogen) atoms. The van der Waals surface area contributed by atoms with Crippen LogP contribution in [0.15, 0.2) is 91.0 Å². The molecule has 0 radical (unpaired) electrons. The van der Waals surface area contributed by atoms with Crippen molar-refractivity contribution >= 4 is 64.4 Å². The molecule has 292 valence electrons. The van der Waals surface area contributed by atoms with Crippen LogP contribution in [-0.4, -0.2) is 71.9 Å². The summed E-state index contributed by atoms with van der Waals surface area (Å²) in [6.07, 6.45) is -4.44. The van der Waals surface area contributed by atoms with E-state index in [0.29, 0.717) is 30.9 Å². The molecule has 19 heteroatoms. The molecule has 0 aliphatic rings. The summed E-state index contributed by atoms with van der Waals surface area (Å²) in [6, 6.07) is 26.5. The largest absolute Gasteiger partial charge is 0.493 e. The molecule has 0 fully saturated rings. The van der Waals surface area contributed by atoms with E-state index in [1.807, 2.05) is 54.6 Å². The molecular formula is C36H34ClF3N3O11P. The molecule has 0 heterocycles. The molecular weight excluding hydrogens is 774 g/mol. The second-order valence-electron chi connectivity index (χ2n) is 11.3. The number of hydrogen-bond acceptors (Lipinski definition) is 9. The number of nitrogens with one attached hydrogen (secondary N) is 2. The first-order valence-electron chi connectivity index (χ1n) is 16.1. The number of phosphoric acid groups is 1. The fourth-order valence-corrected chi connectivity index (χ4v) is 5.14. The Hall–Kier alpha value is -5.42. The van der Waals surface area contributed by atoms with Crippen molar-refractivity contribution in [2.24, 2.45) is 5.73 Å². The fourth-order valence-electron chi connectivity index (χ4n) is 4.79. The molecule has 7 N–H and O–H groups in total. The van der Waals surface area contributed by atoms with Gasteiger partial charge in [0.05, 0.1) is 30.0 Å². The van der Waals surface area contributed by atoms with Crippen molar-refractivity contribution in [2.75, 3.05) is 38.4 Å². The third-order valence-electron chi connectivity index (χ3n) is 7.31. The van der Waals surface area contributed by atoms with E-state index in [0.717, 1.165) is 21.5 Å². The molecule has 0 saturated heterocycles. The number of alkyl halides is 3. The number of anilines is 1. The molecule has 0 atom stereocenters. The minimum atomic E-state index is -5.08. The van der Waals surface area contributed by atoms with Gasteiger partial charge in [-0.25, -0.2) is 13.9 Å². The van der Waals surface area contributed by atoms with Crippen LogP contribution in [-0.2, 0) is 13.9 Å². The van der Waals surface area contributed by atoms with Crippen molar-refractivity contribution in [3.8, 4) is 17.2 Å². The molecule has 5 aromatic rings. The molecule has 0 bridgehead atoms. The SMILES string of the molecule is NCCCOc1cc2ccccc2cc1C(=O)NCCOc1cc2ccccc2cc1C(=O)Nc1ccc(Cl)cc1OCOP(=O)(O)O.O=C(O)C(F)(F)F. The minimum Gasteiger partial charge on any atom is -0.493 e. The lowest BCUT2D eigenvalue weighted by atomic mass is 10.0. The second kappa shape index (κ2) is 19.3. The Morgan fingerprint density at radius 3 is 1.76 bits per heavy atom. The molecule has 0 unspecified atom stereocenters. The molecule has 5 rings (SSSR count). The summed E-state index contributed by atoms with van der Waals surface area (Å²) in [7, 11) is -4.79. The van der Waals surface area contributed by atoms with Crippen LogP contribution < -0.4 is 30.6 Å². The number of fused-ring (bicyclic) bond motifs is 2. The number of amides is 2. The number of ether oxygens (including phenoxy) is 3. The first-order chi connectivity index (χ1) is 26.1. The highest BCUT2D eigenvalue weighted by Gasteiger charge is 2.38. The van der Waals surface area contributed by atoms with Gasteiger partial charge in [-0.05, 0) is 70.9 Å². The van der Waals surface area contributed by atoms with E-state index in [9.17, 15) is 27.3 Å². The third kappa shape index (κ3) is 12.8. The van der Waals surface area contributed by atoms with Gasteiger partial charge in [0.15, 0.2) is 6.79 Å². The summed E-state index contributed by atoms with van der Waals surface area (Å²) in [6.45, 7) is 0.205. The standard InChI is InChI=1S/C34H33ClN3O9P.C2HF3O2/c35-26-10-11-29(32(20-26)46-21-47-48(41,42)43)38-34(40)28-17-23-7-2-4-9-25(23)19-31(28)45-15-13-37-33(39)27-16-22-6-1-3-8-24(22)18-30(27)44-14-5-12-36;3-2(4,5)1(6)7/h1-4,6-11,16-20H,5,12-15,21,36H2,(H,37,39)(H,38,40)(H2,41,42,43);(H,6,7). The average Bonchev–Trinajstić information content (AvgIpc) is 3.13. The number of carboxylic acids is 1. The van der Waals surface area contributed by atoms with Gasteiger partial charge in [-0.1, -0.05) is 60.1 Å². The van der Waals surface area contributed by atoms with Crippen LogP contribution in [0.5, 0.6) is 17.2 Å². The van der Waals surface area contributed by atoms with Crippen molar-refractivity contribution in [3.63, 3.8) is 0 Å². The number of hydrogen-bond donors (Lipinski definition) is 6. The minimum absolute atomic E-state index is 0.0235. The van der Waals surface area contributed by atoms with Crippen LogP contribution in [0.25, 0.3) is 21.5 Å². The lowest BCUT2D eigenvalue weighted by molar-refractivity contribution is -0.192. The van der Waals surface area contributed by atoms with Gasteiger partial charge in [-0.2, -0.15) is 13.2 Å². The Bertz CT molecular complexity index is 2200. The van der Waals surface area contributed by atoms with Crippen molar-refractivity contribution in [3.05, 3.63) is 107 Å². The normalized spacial score (nSPS) is 11.3. The van der Waals surface area contributed by atoms with Crippen LogP contribution in [0.4, 0.5) is 18.9 Å². The Labute approximate surface area is 316 Å². The summed E-state index contributed by atoms with van der Waals surface area (Å²) in [5, 5.41) is 16.4. The van der Waals surface area contributed by atoms with Gasteiger partial charge in [0.1, 0.15) is 23.9 Å². The van der Waals surface area contributed by atoms with E-state index in [1.165, 1.54) is 18.2 Å². The highest BCUT2D eigenvalue weighted by molar-refractivity contribution is 7.46. The van der Waals surface area contributed by atoms with Gasteiger partial charge < -0.3 is 45.5 Å². The second-order valence-corrected chi connectivity index (χ2v) is 12.9. The molecule has 5 aromatic carbocycles. The maximum Gasteiger partial charge on any atom is 0.490 e. The number of carbonyl (C=O) groups is 3. The van der Waals surface area contributed by atoms with Crippen molar-refractivity contribution in [1.82, 2.24) is 5.32 Å². The zero-order chi connectivity index (χ0) is 40.2. The lowest BCUT2D eigenvalue weighted by Gasteiger charge is -2.16. The van der Waals surface area contributed by atoms with Crippen LogP contribution >= 0.6 is 19.4 Å². The van der Waals surface area contributed by atoms with Gasteiger partial charge >= 0.3 is 20.0 Å². The summed E-state index contributed by atoms with van der Waals surface area (Å²) in [5.41, 5.74) is 6.36. The fraction of sp³-hybridized carbons (Fsp3) is 0.194. The van der Waals surface area contributed by atoms with Crippen molar-refractivity contribution < 1.29 is 65.7 Å². The Morgan fingerprint density at radius 2 is 1.25 bits per heavy atom. The van der Waals surface area contributed by atoms with Crippen molar-refractivity contribution in [1.29, 1.82) is 0 Å². The monoisotopic (exact) mass is 807 g/mol. The average molecular weight is 808 g/mol. The number of benzene rings is 5. The number of carbonyl (C=O) groups excluding carboxylic acids is 2. The molecule has 0 aliphatic carbocycles. The van der Waals surface area contributed by atoms with E-state index in [1.54, 1.807) is 18.2 Å². The number of carboxylic acid groups (broad SMARTS) is 1. The number of phosphoric ester groups is 1. The summed E-state index contributed by atoms with van der Waals surface area (Å²) in [4.78, 5) is 53.7. The molecule has 0 spiro atoms. The van der Waals surface area contributed by atoms with Crippen LogP contribution in [0, 0.1) is 0 Å². The van der Waals surface area contributed by atoms with E-state index in [4.69, 9.17) is 51.2 Å². The van der Waals surface area contributed by atoms with Gasteiger partial charge in [0.25, 0.3) is 11.8 Å². The Balaban J connectivity index is 0.000000876. The highest BCUT2D eigenvalue weighted by Crippen LogP contribution is 2.37. The molecule has 0 aromatic heterocycles. The lowest BCUT2D eigenvalue weighted by Crippen LogP contribution is -2.29. The molecule has 2 amide bonds. The number of nitrogens with two attached hydrogens (primary N) is 1. The van der Waals surface area contributed by atoms with Gasteiger partial charge in [-0.3, -0.25) is 9.59 Å². The zero-order valence-electron chi connectivity index (χ0n) is 28.5. The first kappa shape index (κ1) is 42.3. The summed E-state index contributed by atoms with van der Waals surface area (Å²) < 4.78 is 64.4. The van der Waals surface area contributed by atoms with Crippen LogP contribution in [0.2, 0.25) is 5.02 Å². The smallest absolute Gasteiger partial charge is 0.490 e. The number of rotatable bonds is 15. The van der Waals surface area contributed by atoms with Gasteiger partial charge in [0.2, 0.25) is 0 Å². The summed E-state index contributed by atoms with van der Waals surface area (Å²) >= 11 is 6.08. The van der Waals surface area contributed by atoms with Gasteiger partial charge in [0, 0.05) is 11.1 Å². The van der Waals surface area contributed by atoms with Crippen LogP contribution in [0.1, 0.15) is 27.1 Å². The van der Waals surface area contributed by atoms with E-state index in [2.05, 4.69) is 15.2 Å². The third-order valence-corrected chi connectivity index (χ3v) is 7.98. The molecule has 0 saturated carbocycles. The quantitative estimate of drug-likeness (QED) is 0.0379. The maximum absolute atomic E-state index is 13.6. The van der Waals surface area contributed by atoms with E-state index >= 15 is 0 Å². The van der Waals surface area contributed by atoms with E-state index < -0.39 is 32.7 Å². The molecule has 14 nitrogen and oxygen atoms in total. The number of aliphatic carboxylic acids is 1. The zero-order valence-corrected chi connectivity index (χ0v) is 30.2. The predicted octanol–water partition coefficient (Wildman–Crippen LogP) is 6.51.